The van der Waals surface area contributed by atoms with Gasteiger partial charge in [0, 0.05) is 5.56 Å². The summed E-state index contributed by atoms with van der Waals surface area (Å²) < 4.78 is 0. The highest BCUT2D eigenvalue weighted by molar-refractivity contribution is 5.97. The van der Waals surface area contributed by atoms with Gasteiger partial charge in [-0.1, -0.05) is 30.3 Å². The SMILES string of the molecule is C[C@@H](O)[C@H](NCC(=O)c1ccccc1)C(=O)O. The van der Waals surface area contributed by atoms with Crippen LogP contribution >= 0.6 is 0 Å². The minimum Gasteiger partial charge on any atom is -0.480 e. The van der Waals surface area contributed by atoms with Gasteiger partial charge in [0.1, 0.15) is 6.04 Å². The molecule has 92 valence electrons. The third-order valence-electron chi connectivity index (χ3n) is 2.33. The Morgan fingerprint density at radius 3 is 2.35 bits per heavy atom. The quantitative estimate of drug-likeness (QED) is 0.619. The van der Waals surface area contributed by atoms with E-state index in [9.17, 15) is 14.7 Å². The van der Waals surface area contributed by atoms with Gasteiger partial charge >= 0.3 is 5.97 Å². The van der Waals surface area contributed by atoms with Gasteiger partial charge in [0.2, 0.25) is 0 Å². The van der Waals surface area contributed by atoms with Crippen molar-refractivity contribution in [3.63, 3.8) is 0 Å². The second-order valence-corrected chi connectivity index (χ2v) is 3.73. The molecule has 1 aromatic carbocycles. The zero-order valence-electron chi connectivity index (χ0n) is 9.46. The molecule has 5 heteroatoms. The van der Waals surface area contributed by atoms with Crippen LogP contribution in [0.5, 0.6) is 0 Å². The van der Waals surface area contributed by atoms with E-state index in [1.165, 1.54) is 6.92 Å². The molecule has 0 amide bonds. The maximum absolute atomic E-state index is 11.7. The van der Waals surface area contributed by atoms with Gasteiger partial charge in [0.25, 0.3) is 0 Å². The minimum atomic E-state index is -1.18. The topological polar surface area (TPSA) is 86.6 Å². The standard InChI is InChI=1S/C12H15NO4/c1-8(14)11(12(16)17)13-7-10(15)9-5-3-2-4-6-9/h2-6,8,11,13-14H,7H2,1H3,(H,16,17)/t8-,11+/m1/s1. The predicted octanol–water partition coefficient (Wildman–Crippen LogP) is 0.293. The monoisotopic (exact) mass is 237 g/mol. The zero-order valence-corrected chi connectivity index (χ0v) is 9.46. The molecule has 17 heavy (non-hydrogen) atoms. The lowest BCUT2D eigenvalue weighted by Crippen LogP contribution is -2.46. The molecule has 5 nitrogen and oxygen atoms in total. The number of carboxylic acids is 1. The summed E-state index contributed by atoms with van der Waals surface area (Å²) in [5, 5.41) is 20.5. The molecule has 0 radical (unpaired) electrons. The lowest BCUT2D eigenvalue weighted by Gasteiger charge is -2.16. The molecule has 0 saturated heterocycles. The van der Waals surface area contributed by atoms with Crippen molar-refractivity contribution in [3.05, 3.63) is 35.9 Å². The van der Waals surface area contributed by atoms with E-state index in [1.54, 1.807) is 30.3 Å². The third-order valence-corrected chi connectivity index (χ3v) is 2.33. The average molecular weight is 237 g/mol. The number of hydrogen-bond donors (Lipinski definition) is 3. The van der Waals surface area contributed by atoms with Crippen LogP contribution in [0.15, 0.2) is 30.3 Å². The highest BCUT2D eigenvalue weighted by Gasteiger charge is 2.23. The van der Waals surface area contributed by atoms with E-state index in [-0.39, 0.29) is 12.3 Å². The van der Waals surface area contributed by atoms with Gasteiger partial charge in [-0.3, -0.25) is 14.9 Å². The van der Waals surface area contributed by atoms with Crippen molar-refractivity contribution in [1.29, 1.82) is 0 Å². The summed E-state index contributed by atoms with van der Waals surface area (Å²) in [6.45, 7) is 1.24. The maximum atomic E-state index is 11.7. The van der Waals surface area contributed by atoms with Gasteiger partial charge < -0.3 is 10.2 Å². The molecule has 1 rings (SSSR count). The summed E-state index contributed by atoms with van der Waals surface area (Å²) in [5.74, 6) is -1.39. The number of ketones is 1. The van der Waals surface area contributed by atoms with Crippen LogP contribution in [0.25, 0.3) is 0 Å². The first-order chi connectivity index (χ1) is 8.02. The molecule has 0 fully saturated rings. The number of Topliss-reactive ketones (excluding diaryl/α,β-unsaturated/α-hetero) is 1. The number of carbonyl (C=O) groups excluding carboxylic acids is 1. The number of benzene rings is 1. The first-order valence-electron chi connectivity index (χ1n) is 5.25. The highest BCUT2D eigenvalue weighted by Crippen LogP contribution is 2.00. The summed E-state index contributed by atoms with van der Waals surface area (Å²) in [5.41, 5.74) is 0.509. The first kappa shape index (κ1) is 13.3. The smallest absolute Gasteiger partial charge is 0.323 e. The van der Waals surface area contributed by atoms with E-state index in [0.717, 1.165) is 0 Å². The van der Waals surface area contributed by atoms with Crippen LogP contribution in [-0.4, -0.2) is 40.7 Å². The Labute approximate surface area is 99.1 Å². The normalized spacial score (nSPS) is 14.0. The number of carboxylic acid groups (broad SMARTS) is 1. The minimum absolute atomic E-state index is 0.119. The molecule has 0 heterocycles. The van der Waals surface area contributed by atoms with E-state index in [1.807, 2.05) is 0 Å². The van der Waals surface area contributed by atoms with E-state index in [0.29, 0.717) is 5.56 Å². The summed E-state index contributed by atoms with van der Waals surface area (Å²) in [6, 6.07) is 7.43. The fourth-order valence-corrected chi connectivity index (χ4v) is 1.39. The van der Waals surface area contributed by atoms with Crippen LogP contribution in [0.4, 0.5) is 0 Å². The van der Waals surface area contributed by atoms with Gasteiger partial charge in [-0.25, -0.2) is 0 Å². The van der Waals surface area contributed by atoms with Crippen molar-refractivity contribution in [2.75, 3.05) is 6.54 Å². The Balaban J connectivity index is 2.56. The molecule has 0 spiro atoms. The fourth-order valence-electron chi connectivity index (χ4n) is 1.39. The average Bonchev–Trinajstić information content (AvgIpc) is 2.29. The molecular formula is C12H15NO4. The van der Waals surface area contributed by atoms with Crippen molar-refractivity contribution in [2.45, 2.75) is 19.1 Å². The van der Waals surface area contributed by atoms with Crippen LogP contribution in [0.3, 0.4) is 0 Å². The molecule has 0 unspecified atom stereocenters. The Morgan fingerprint density at radius 1 is 1.29 bits per heavy atom. The van der Waals surface area contributed by atoms with Crippen LogP contribution in [0.2, 0.25) is 0 Å². The molecule has 0 bridgehead atoms. The van der Waals surface area contributed by atoms with E-state index < -0.39 is 18.1 Å². The lowest BCUT2D eigenvalue weighted by molar-refractivity contribution is -0.142. The Kier molecular flexibility index (Phi) is 4.81. The highest BCUT2D eigenvalue weighted by atomic mass is 16.4. The van der Waals surface area contributed by atoms with Gasteiger partial charge in [0.05, 0.1) is 12.6 Å². The summed E-state index contributed by atoms with van der Waals surface area (Å²) >= 11 is 0. The largest absolute Gasteiger partial charge is 0.480 e. The van der Waals surface area contributed by atoms with Crippen LogP contribution in [0, 0.1) is 0 Å². The van der Waals surface area contributed by atoms with Crippen LogP contribution in [-0.2, 0) is 4.79 Å². The van der Waals surface area contributed by atoms with Crippen molar-refractivity contribution < 1.29 is 19.8 Å². The van der Waals surface area contributed by atoms with Crippen molar-refractivity contribution in [1.82, 2.24) is 5.32 Å². The van der Waals surface area contributed by atoms with Gasteiger partial charge in [-0.15, -0.1) is 0 Å². The fraction of sp³-hybridized carbons (Fsp3) is 0.333. The van der Waals surface area contributed by atoms with Gasteiger partial charge in [-0.05, 0) is 6.92 Å². The molecule has 2 atom stereocenters. The number of hydrogen-bond acceptors (Lipinski definition) is 4. The molecule has 0 aromatic heterocycles. The first-order valence-corrected chi connectivity index (χ1v) is 5.25. The molecule has 1 aromatic rings. The zero-order chi connectivity index (χ0) is 12.8. The Hall–Kier alpha value is -1.72. The third kappa shape index (κ3) is 3.97. The second-order valence-electron chi connectivity index (χ2n) is 3.73. The molecular weight excluding hydrogens is 222 g/mol. The number of aliphatic carboxylic acids is 1. The predicted molar refractivity (Wildman–Crippen MR) is 61.9 cm³/mol. The summed E-state index contributed by atoms with van der Waals surface area (Å²) in [6.07, 6.45) is -1.06. The van der Waals surface area contributed by atoms with E-state index >= 15 is 0 Å². The molecule has 0 aliphatic carbocycles. The summed E-state index contributed by atoms with van der Waals surface area (Å²) in [4.78, 5) is 22.4. The number of rotatable bonds is 6. The Morgan fingerprint density at radius 2 is 1.88 bits per heavy atom. The van der Waals surface area contributed by atoms with Gasteiger partial charge in [-0.2, -0.15) is 0 Å². The van der Waals surface area contributed by atoms with E-state index in [2.05, 4.69) is 5.32 Å². The number of aliphatic hydroxyl groups is 1. The Bertz CT molecular complexity index is 389. The van der Waals surface area contributed by atoms with Crippen molar-refractivity contribution in [2.24, 2.45) is 0 Å². The number of carbonyl (C=O) groups is 2. The lowest BCUT2D eigenvalue weighted by atomic mass is 10.1. The maximum Gasteiger partial charge on any atom is 0.323 e. The van der Waals surface area contributed by atoms with Crippen molar-refractivity contribution in [3.8, 4) is 0 Å². The van der Waals surface area contributed by atoms with Crippen LogP contribution in [0.1, 0.15) is 17.3 Å². The molecule has 0 aliphatic heterocycles. The number of nitrogens with one attached hydrogen (secondary N) is 1. The summed E-state index contributed by atoms with van der Waals surface area (Å²) in [7, 11) is 0. The van der Waals surface area contributed by atoms with Gasteiger partial charge in [0.15, 0.2) is 5.78 Å². The van der Waals surface area contributed by atoms with Crippen molar-refractivity contribution >= 4 is 11.8 Å². The second kappa shape index (κ2) is 6.12. The molecule has 3 N–H and O–H groups in total. The van der Waals surface area contributed by atoms with E-state index in [4.69, 9.17) is 5.11 Å². The van der Waals surface area contributed by atoms with Crippen LogP contribution < -0.4 is 5.32 Å². The molecule has 0 saturated carbocycles. The number of aliphatic hydroxyl groups excluding tert-OH is 1. The molecule has 0 aliphatic rings.